The minimum absolute atomic E-state index is 0.175. The lowest BCUT2D eigenvalue weighted by atomic mass is 10.2. The normalized spacial score (nSPS) is 10.6. The zero-order valence-corrected chi connectivity index (χ0v) is 43.3. The molecule has 20 nitrogen and oxygen atoms in total. The number of benzene rings is 6. The van der Waals surface area contributed by atoms with Crippen LogP contribution in [-0.4, -0.2) is 106 Å². The minimum atomic E-state index is 0.175. The van der Waals surface area contributed by atoms with Crippen LogP contribution in [0.4, 0.5) is 40.6 Å². The molecular formula is C54H55ClN14O6. The molecule has 4 heterocycles. The molecule has 0 aliphatic heterocycles. The molecule has 0 unspecified atom stereocenters. The molecule has 0 fully saturated rings. The molecule has 384 valence electrons. The van der Waals surface area contributed by atoms with Gasteiger partial charge in [0.15, 0.2) is 23.0 Å². The van der Waals surface area contributed by atoms with Crippen molar-refractivity contribution < 1.29 is 28.4 Å². The van der Waals surface area contributed by atoms with Gasteiger partial charge < -0.3 is 49.3 Å². The number of anilines is 7. The van der Waals surface area contributed by atoms with Gasteiger partial charge in [-0.05, 0) is 59.1 Å². The topological polar surface area (TPSA) is 213 Å². The Kier molecular flexibility index (Phi) is 16.8. The number of nitrogen functional groups attached to an aromatic ring is 1. The Hall–Kier alpha value is -9.43. The molecule has 0 amide bonds. The van der Waals surface area contributed by atoms with E-state index in [-0.39, 0.29) is 5.28 Å². The van der Waals surface area contributed by atoms with Crippen molar-refractivity contribution in [3.63, 3.8) is 0 Å². The third-order valence-corrected chi connectivity index (χ3v) is 11.9. The average molecular weight is 1030 g/mol. The van der Waals surface area contributed by atoms with Gasteiger partial charge in [0.1, 0.15) is 12.7 Å². The van der Waals surface area contributed by atoms with Gasteiger partial charge in [0, 0.05) is 71.9 Å². The zero-order valence-electron chi connectivity index (χ0n) is 42.5. The Morgan fingerprint density at radius 1 is 0.520 bits per heavy atom. The second kappa shape index (κ2) is 24.3. The first-order valence-electron chi connectivity index (χ1n) is 23.1. The molecule has 4 aromatic heterocycles. The molecular weight excluding hydrogens is 976 g/mol. The van der Waals surface area contributed by atoms with Gasteiger partial charge >= 0.3 is 0 Å². The molecule has 0 spiro atoms. The van der Waals surface area contributed by atoms with E-state index in [9.17, 15) is 0 Å². The van der Waals surface area contributed by atoms with Gasteiger partial charge in [-0.2, -0.15) is 20.2 Å². The lowest BCUT2D eigenvalue weighted by Gasteiger charge is -2.18. The van der Waals surface area contributed by atoms with Gasteiger partial charge in [-0.3, -0.25) is 9.36 Å². The van der Waals surface area contributed by atoms with Crippen molar-refractivity contribution in [3.05, 3.63) is 163 Å². The molecule has 0 aliphatic carbocycles. The van der Waals surface area contributed by atoms with Gasteiger partial charge in [0.05, 0.1) is 79.2 Å². The SMILES string of the molecule is CN(c1ccc2c(cnn2Cc2ccccc2)c1)c1ncnc(Cl)n1.COc1cc(N)cc(OC)c1OC.COc1cc(Nc2ncnc(N(C)c3ccc4c(cnn4Cc4ccccc4)c3)n2)cc(OC)c1OC. The van der Waals surface area contributed by atoms with Crippen LogP contribution < -0.4 is 49.3 Å². The summed E-state index contributed by atoms with van der Waals surface area (Å²) in [5, 5.41) is 14.5. The van der Waals surface area contributed by atoms with Crippen molar-refractivity contribution in [1.82, 2.24) is 49.5 Å². The number of fused-ring (bicyclic) bond motifs is 2. The fourth-order valence-corrected chi connectivity index (χ4v) is 8.00. The van der Waals surface area contributed by atoms with E-state index < -0.39 is 0 Å². The summed E-state index contributed by atoms with van der Waals surface area (Å²) in [5.41, 5.74) is 13.3. The number of hydrogen-bond acceptors (Lipinski definition) is 18. The van der Waals surface area contributed by atoms with Crippen LogP contribution >= 0.6 is 11.6 Å². The molecule has 10 aromatic rings. The number of rotatable bonds is 16. The predicted molar refractivity (Wildman–Crippen MR) is 291 cm³/mol. The van der Waals surface area contributed by atoms with Crippen LogP contribution in [0, 0.1) is 0 Å². The van der Waals surface area contributed by atoms with Gasteiger partial charge in [-0.25, -0.2) is 19.9 Å². The van der Waals surface area contributed by atoms with E-state index in [0.717, 1.165) is 39.7 Å². The molecule has 0 bridgehead atoms. The maximum atomic E-state index is 5.85. The summed E-state index contributed by atoms with van der Waals surface area (Å²) in [4.78, 5) is 29.1. The summed E-state index contributed by atoms with van der Waals surface area (Å²) in [5.74, 6) is 4.61. The standard InChI is InChI=1S/C27H27N7O3.C18H15ClN6.C9H13NO3/c1-33(21-10-11-22-19(12-21)15-30-34(22)16-18-8-6-5-7-9-18)27-29-17-28-26(32-27)31-20-13-23(35-2)25(37-4)24(14-20)36-3;1-24(18-21-12-20-17(19)23-18)15-7-8-16-14(9-15)10-22-25(16)11-13-5-3-2-4-6-13;1-11-7-4-6(10)5-8(12-2)9(7)13-3/h5-15,17H,16H2,1-4H3,(H,28,29,31,32);2-10,12H,11H2,1H3;4-5H,10H2,1-3H3. The first kappa shape index (κ1) is 51.9. The van der Waals surface area contributed by atoms with Crippen LogP contribution in [0.25, 0.3) is 21.8 Å². The maximum Gasteiger partial charge on any atom is 0.234 e. The van der Waals surface area contributed by atoms with Gasteiger partial charge in [0.2, 0.25) is 34.6 Å². The maximum absolute atomic E-state index is 5.85. The molecule has 0 saturated carbocycles. The summed E-state index contributed by atoms with van der Waals surface area (Å²) in [7, 11) is 13.2. The highest BCUT2D eigenvalue weighted by Crippen LogP contribution is 2.41. The van der Waals surface area contributed by atoms with Crippen molar-refractivity contribution in [2.75, 3.05) is 77.6 Å². The molecule has 10 rings (SSSR count). The number of methoxy groups -OCH3 is 6. The molecule has 6 aromatic carbocycles. The fraction of sp³-hybridized carbons (Fsp3) is 0.185. The van der Waals surface area contributed by atoms with E-state index in [1.165, 1.54) is 23.8 Å². The number of halogens is 1. The average Bonchev–Trinajstić information content (AvgIpc) is 4.05. The summed E-state index contributed by atoms with van der Waals surface area (Å²) in [6.07, 6.45) is 6.61. The second-order valence-electron chi connectivity index (χ2n) is 16.3. The van der Waals surface area contributed by atoms with Crippen LogP contribution in [0.1, 0.15) is 11.1 Å². The number of aromatic nitrogens is 10. The molecule has 75 heavy (non-hydrogen) atoms. The monoisotopic (exact) mass is 1030 g/mol. The Bertz CT molecular complexity index is 3440. The van der Waals surface area contributed by atoms with E-state index in [1.54, 1.807) is 66.9 Å². The van der Waals surface area contributed by atoms with E-state index in [4.69, 9.17) is 45.8 Å². The Morgan fingerprint density at radius 3 is 1.40 bits per heavy atom. The second-order valence-corrected chi connectivity index (χ2v) is 16.7. The van der Waals surface area contributed by atoms with Crippen molar-refractivity contribution in [3.8, 4) is 34.5 Å². The van der Waals surface area contributed by atoms with Crippen LogP contribution in [0.3, 0.4) is 0 Å². The number of ether oxygens (including phenoxy) is 6. The zero-order chi connectivity index (χ0) is 52.8. The molecule has 0 atom stereocenters. The van der Waals surface area contributed by atoms with Crippen LogP contribution in [-0.2, 0) is 13.1 Å². The number of nitrogens with two attached hydrogens (primary N) is 1. The minimum Gasteiger partial charge on any atom is -0.493 e. The lowest BCUT2D eigenvalue weighted by molar-refractivity contribution is 0.324. The first-order valence-corrected chi connectivity index (χ1v) is 23.5. The highest BCUT2D eigenvalue weighted by atomic mass is 35.5. The molecule has 0 saturated heterocycles. The smallest absolute Gasteiger partial charge is 0.234 e. The van der Waals surface area contributed by atoms with Crippen molar-refractivity contribution in [1.29, 1.82) is 0 Å². The molecule has 21 heteroatoms. The quantitative estimate of drug-likeness (QED) is 0.0862. The third kappa shape index (κ3) is 12.4. The first-order chi connectivity index (χ1) is 36.5. The van der Waals surface area contributed by atoms with Crippen LogP contribution in [0.2, 0.25) is 5.28 Å². The number of nitrogens with one attached hydrogen (secondary N) is 1. The molecule has 0 radical (unpaired) electrons. The fourth-order valence-electron chi connectivity index (χ4n) is 7.89. The van der Waals surface area contributed by atoms with Gasteiger partial charge in [-0.1, -0.05) is 60.7 Å². The predicted octanol–water partition coefficient (Wildman–Crippen LogP) is 9.79. The highest BCUT2D eigenvalue weighted by Gasteiger charge is 2.17. The van der Waals surface area contributed by atoms with Gasteiger partial charge in [0.25, 0.3) is 0 Å². The van der Waals surface area contributed by atoms with Crippen molar-refractivity contribution >= 4 is 74.0 Å². The van der Waals surface area contributed by atoms with E-state index in [1.807, 2.05) is 94.2 Å². The summed E-state index contributed by atoms with van der Waals surface area (Å²) in [6, 6.07) is 39.8. The van der Waals surface area contributed by atoms with Crippen molar-refractivity contribution in [2.45, 2.75) is 13.1 Å². The van der Waals surface area contributed by atoms with E-state index in [0.29, 0.717) is 70.3 Å². The Balaban J connectivity index is 0.000000168. The highest BCUT2D eigenvalue weighted by molar-refractivity contribution is 6.28. The molecule has 3 N–H and O–H groups in total. The third-order valence-electron chi connectivity index (χ3n) is 11.7. The summed E-state index contributed by atoms with van der Waals surface area (Å²) < 4.78 is 35.5. The number of hydrogen-bond donors (Lipinski definition) is 2. The lowest BCUT2D eigenvalue weighted by Crippen LogP contribution is -2.14. The summed E-state index contributed by atoms with van der Waals surface area (Å²) in [6.45, 7) is 1.45. The number of nitrogens with zero attached hydrogens (tertiary/aromatic N) is 12. The largest absolute Gasteiger partial charge is 0.493 e. The van der Waals surface area contributed by atoms with Crippen LogP contribution in [0.5, 0.6) is 34.5 Å². The van der Waals surface area contributed by atoms with E-state index >= 15 is 0 Å². The molecule has 0 aliphatic rings. The Morgan fingerprint density at radius 2 is 0.960 bits per heavy atom. The summed E-state index contributed by atoms with van der Waals surface area (Å²) >= 11 is 5.85. The van der Waals surface area contributed by atoms with Crippen LogP contribution in [0.15, 0.2) is 146 Å². The Labute approximate surface area is 438 Å². The van der Waals surface area contributed by atoms with Crippen molar-refractivity contribution in [2.24, 2.45) is 0 Å². The van der Waals surface area contributed by atoms with E-state index in [2.05, 4.69) is 93.9 Å². The van der Waals surface area contributed by atoms with Gasteiger partial charge in [-0.15, -0.1) is 0 Å².